The fourth-order valence-corrected chi connectivity index (χ4v) is 0.645. The fourth-order valence-electron chi connectivity index (χ4n) is 0.645. The van der Waals surface area contributed by atoms with Crippen LogP contribution in [-0.2, 0) is 9.53 Å². The third-order valence-corrected chi connectivity index (χ3v) is 1.44. The van der Waals surface area contributed by atoms with Crippen molar-refractivity contribution < 1.29 is 35.9 Å². The number of hydrogen-bond acceptors (Lipinski definition) is 3. The van der Waals surface area contributed by atoms with Crippen molar-refractivity contribution in [3.05, 3.63) is 0 Å². The van der Waals surface area contributed by atoms with Crippen molar-refractivity contribution in [1.82, 2.24) is 0 Å². The second-order valence-corrected chi connectivity index (χ2v) is 2.60. The molecule has 0 saturated heterocycles. The smallest absolute Gasteiger partial charge is 0.459 e. The number of hydrogen-bond donors (Lipinski definition) is 1. The van der Waals surface area contributed by atoms with Gasteiger partial charge in [0.05, 0.1) is 6.61 Å². The Morgan fingerprint density at radius 1 is 1.31 bits per heavy atom. The van der Waals surface area contributed by atoms with E-state index in [4.69, 9.17) is 5.41 Å². The van der Waals surface area contributed by atoms with Crippen molar-refractivity contribution in [2.75, 3.05) is 6.61 Å². The van der Waals surface area contributed by atoms with Gasteiger partial charge in [-0.15, -0.1) is 0 Å². The Balaban J connectivity index is 4.87. The molecule has 0 spiro atoms. The van der Waals surface area contributed by atoms with Gasteiger partial charge in [0.2, 0.25) is 6.17 Å². The average molecular weight is 251 g/mol. The van der Waals surface area contributed by atoms with Crippen LogP contribution in [0.1, 0.15) is 6.92 Å². The van der Waals surface area contributed by atoms with Gasteiger partial charge in [0, 0.05) is 0 Å². The standard InChI is InChI=1S/C7H7F6NO2/c1-2-16-5(15)3(8)4(14)6(9,10)7(11,12)13/h3,14H,2H2,1H3. The van der Waals surface area contributed by atoms with E-state index < -0.39 is 36.6 Å². The third kappa shape index (κ3) is 2.86. The van der Waals surface area contributed by atoms with Gasteiger partial charge in [0.25, 0.3) is 0 Å². The fraction of sp³-hybridized carbons (Fsp3) is 0.714. The van der Waals surface area contributed by atoms with Crippen molar-refractivity contribution in [3.8, 4) is 0 Å². The van der Waals surface area contributed by atoms with Crippen molar-refractivity contribution in [3.63, 3.8) is 0 Å². The second-order valence-electron chi connectivity index (χ2n) is 2.60. The molecule has 1 N–H and O–H groups in total. The molecule has 1 atom stereocenters. The highest BCUT2D eigenvalue weighted by molar-refractivity contribution is 6.07. The maximum Gasteiger partial charge on any atom is 0.459 e. The van der Waals surface area contributed by atoms with E-state index in [1.165, 1.54) is 6.92 Å². The van der Waals surface area contributed by atoms with Gasteiger partial charge < -0.3 is 4.74 Å². The molecule has 0 saturated carbocycles. The molecule has 3 nitrogen and oxygen atoms in total. The van der Waals surface area contributed by atoms with Crippen molar-refractivity contribution in [1.29, 1.82) is 5.41 Å². The molecule has 0 amide bonds. The summed E-state index contributed by atoms with van der Waals surface area (Å²) >= 11 is 0. The van der Waals surface area contributed by atoms with Crippen LogP contribution in [0.3, 0.4) is 0 Å². The molecule has 0 bridgehead atoms. The van der Waals surface area contributed by atoms with Gasteiger partial charge in [-0.1, -0.05) is 0 Å². The zero-order valence-corrected chi connectivity index (χ0v) is 7.87. The van der Waals surface area contributed by atoms with Crippen LogP contribution in [0, 0.1) is 5.41 Å². The molecule has 0 heterocycles. The molecule has 0 fully saturated rings. The predicted molar refractivity (Wildman–Crippen MR) is 40.3 cm³/mol. The van der Waals surface area contributed by atoms with Gasteiger partial charge in [-0.05, 0) is 6.92 Å². The normalized spacial score (nSPS) is 14.4. The van der Waals surface area contributed by atoms with Gasteiger partial charge in [-0.3, -0.25) is 5.41 Å². The Labute approximate surface area is 85.9 Å². The van der Waals surface area contributed by atoms with E-state index in [1.54, 1.807) is 0 Å². The molecular weight excluding hydrogens is 244 g/mol. The van der Waals surface area contributed by atoms with Gasteiger partial charge >= 0.3 is 18.1 Å². The summed E-state index contributed by atoms with van der Waals surface area (Å²) < 4.78 is 76.4. The first kappa shape index (κ1) is 14.7. The molecular formula is C7H7F6NO2. The van der Waals surface area contributed by atoms with Crippen LogP contribution in [0.5, 0.6) is 0 Å². The Kier molecular flexibility index (Phi) is 4.33. The maximum absolute atomic E-state index is 12.7. The lowest BCUT2D eigenvalue weighted by molar-refractivity contribution is -0.251. The van der Waals surface area contributed by atoms with Gasteiger partial charge in [0.15, 0.2) is 0 Å². The quantitative estimate of drug-likeness (QED) is 0.472. The predicted octanol–water partition coefficient (Wildman–Crippen LogP) is 2.10. The lowest BCUT2D eigenvalue weighted by atomic mass is 10.1. The first-order valence-corrected chi connectivity index (χ1v) is 3.89. The number of alkyl halides is 6. The molecule has 0 radical (unpaired) electrons. The monoisotopic (exact) mass is 251 g/mol. The number of carbonyl (C=O) groups excluding carboxylic acids is 1. The van der Waals surface area contributed by atoms with E-state index >= 15 is 0 Å². The van der Waals surface area contributed by atoms with Crippen LogP contribution in [0.25, 0.3) is 0 Å². The van der Waals surface area contributed by atoms with Crippen LogP contribution >= 0.6 is 0 Å². The molecule has 16 heavy (non-hydrogen) atoms. The largest absolute Gasteiger partial charge is 0.464 e. The SMILES string of the molecule is CCOC(=O)C(F)C(=N)C(F)(F)C(F)(F)F. The maximum atomic E-state index is 12.7. The van der Waals surface area contributed by atoms with E-state index in [-0.39, 0.29) is 0 Å². The molecule has 0 aromatic rings. The van der Waals surface area contributed by atoms with Crippen molar-refractivity contribution in [2.24, 2.45) is 0 Å². The van der Waals surface area contributed by atoms with Gasteiger partial charge in [0.1, 0.15) is 5.71 Å². The summed E-state index contributed by atoms with van der Waals surface area (Å²) in [7, 11) is 0. The minimum atomic E-state index is -6.12. The summed E-state index contributed by atoms with van der Waals surface area (Å²) in [5.41, 5.74) is -2.68. The number of ether oxygens (including phenoxy) is 1. The number of carbonyl (C=O) groups is 1. The first-order valence-electron chi connectivity index (χ1n) is 3.89. The Bertz CT molecular complexity index is 287. The zero-order valence-electron chi connectivity index (χ0n) is 7.87. The minimum Gasteiger partial charge on any atom is -0.464 e. The van der Waals surface area contributed by atoms with E-state index in [0.29, 0.717) is 0 Å². The Morgan fingerprint density at radius 3 is 2.06 bits per heavy atom. The third-order valence-electron chi connectivity index (χ3n) is 1.44. The summed E-state index contributed by atoms with van der Waals surface area (Å²) in [6.45, 7) is 0.806. The summed E-state index contributed by atoms with van der Waals surface area (Å²) in [4.78, 5) is 10.5. The molecule has 0 aromatic carbocycles. The number of esters is 1. The molecule has 0 aliphatic heterocycles. The molecule has 9 heteroatoms. The van der Waals surface area contributed by atoms with Crippen molar-refractivity contribution in [2.45, 2.75) is 25.2 Å². The summed E-state index contributed by atoms with van der Waals surface area (Å²) in [5.74, 6) is -7.64. The number of nitrogens with one attached hydrogen (secondary N) is 1. The first-order chi connectivity index (χ1) is 7.05. The Morgan fingerprint density at radius 2 is 1.75 bits per heavy atom. The van der Waals surface area contributed by atoms with E-state index in [2.05, 4.69) is 4.74 Å². The molecule has 0 aromatic heterocycles. The molecule has 0 rings (SSSR count). The van der Waals surface area contributed by atoms with Crippen LogP contribution in [0.2, 0.25) is 0 Å². The number of rotatable bonds is 4. The highest BCUT2D eigenvalue weighted by atomic mass is 19.4. The summed E-state index contributed by atoms with van der Waals surface area (Å²) in [6, 6.07) is 0. The lowest BCUT2D eigenvalue weighted by Gasteiger charge is -2.21. The topological polar surface area (TPSA) is 50.2 Å². The molecule has 94 valence electrons. The number of halogens is 6. The highest BCUT2D eigenvalue weighted by Gasteiger charge is 2.63. The zero-order chi connectivity index (χ0) is 13.1. The summed E-state index contributed by atoms with van der Waals surface area (Å²) in [6.07, 6.45) is -9.56. The van der Waals surface area contributed by atoms with Gasteiger partial charge in [-0.25, -0.2) is 9.18 Å². The van der Waals surface area contributed by atoms with Gasteiger partial charge in [-0.2, -0.15) is 22.0 Å². The molecule has 1 unspecified atom stereocenters. The highest BCUT2D eigenvalue weighted by Crippen LogP contribution is 2.37. The second kappa shape index (κ2) is 4.71. The average Bonchev–Trinajstić information content (AvgIpc) is 2.14. The van der Waals surface area contributed by atoms with Crippen LogP contribution < -0.4 is 0 Å². The van der Waals surface area contributed by atoms with Crippen LogP contribution in [-0.4, -0.2) is 36.6 Å². The lowest BCUT2D eigenvalue weighted by Crippen LogP contribution is -2.49. The molecule has 0 aliphatic rings. The van der Waals surface area contributed by atoms with E-state index in [0.717, 1.165) is 0 Å². The van der Waals surface area contributed by atoms with Crippen LogP contribution in [0.4, 0.5) is 26.3 Å². The summed E-state index contributed by atoms with van der Waals surface area (Å²) in [5, 5.41) is 6.32. The minimum absolute atomic E-state index is 0.399. The Hall–Kier alpha value is -1.28. The van der Waals surface area contributed by atoms with E-state index in [1.807, 2.05) is 0 Å². The molecule has 0 aliphatic carbocycles. The van der Waals surface area contributed by atoms with Crippen LogP contribution in [0.15, 0.2) is 0 Å². The van der Waals surface area contributed by atoms with E-state index in [9.17, 15) is 31.1 Å². The van der Waals surface area contributed by atoms with Crippen molar-refractivity contribution >= 4 is 11.7 Å².